The van der Waals surface area contributed by atoms with Gasteiger partial charge in [0.15, 0.2) is 0 Å². The number of alkyl halides is 2. The van der Waals surface area contributed by atoms with Crippen molar-refractivity contribution < 1.29 is 0 Å². The highest BCUT2D eigenvalue weighted by atomic mass is 35.5. The highest BCUT2D eigenvalue weighted by molar-refractivity contribution is 6.18. The summed E-state index contributed by atoms with van der Waals surface area (Å²) in [6, 6.07) is 8.19. The molecule has 0 heterocycles. The maximum atomic E-state index is 8.59. The Balaban J connectivity index is 2.84. The molecule has 0 amide bonds. The van der Waals surface area contributed by atoms with Crippen molar-refractivity contribution in [2.75, 3.05) is 5.88 Å². The van der Waals surface area contributed by atoms with Gasteiger partial charge in [0.05, 0.1) is 12.5 Å². The molecule has 0 N–H and O–H groups in total. The van der Waals surface area contributed by atoms with Crippen molar-refractivity contribution >= 4 is 23.2 Å². The Morgan fingerprint density at radius 3 is 2.60 bits per heavy atom. The molecule has 15 heavy (non-hydrogen) atoms. The second-order valence-electron chi connectivity index (χ2n) is 3.36. The lowest BCUT2D eigenvalue weighted by Crippen LogP contribution is -1.95. The van der Waals surface area contributed by atoms with E-state index in [1.54, 1.807) is 0 Å². The Morgan fingerprint density at radius 1 is 1.20 bits per heavy atom. The molecular formula is C12H13Cl2N. The van der Waals surface area contributed by atoms with Gasteiger partial charge >= 0.3 is 0 Å². The van der Waals surface area contributed by atoms with E-state index in [1.807, 2.05) is 12.1 Å². The first kappa shape index (κ1) is 12.4. The van der Waals surface area contributed by atoms with Gasteiger partial charge in [0.25, 0.3) is 0 Å². The maximum absolute atomic E-state index is 8.59. The molecule has 0 aliphatic rings. The van der Waals surface area contributed by atoms with Gasteiger partial charge in [-0.15, -0.1) is 23.2 Å². The summed E-state index contributed by atoms with van der Waals surface area (Å²) in [6.45, 7) is 0. The number of nitriles is 1. The van der Waals surface area contributed by atoms with Crippen molar-refractivity contribution in [1.29, 1.82) is 5.26 Å². The summed E-state index contributed by atoms with van der Waals surface area (Å²) in [5.74, 6) is 1.17. The van der Waals surface area contributed by atoms with E-state index in [0.717, 1.165) is 24.0 Å². The second kappa shape index (κ2) is 6.71. The van der Waals surface area contributed by atoms with Gasteiger partial charge in [-0.05, 0) is 29.5 Å². The first-order chi connectivity index (χ1) is 7.31. The Labute approximate surface area is 101 Å². The van der Waals surface area contributed by atoms with Crippen LogP contribution in [0.5, 0.6) is 0 Å². The van der Waals surface area contributed by atoms with Gasteiger partial charge in [-0.2, -0.15) is 5.26 Å². The molecule has 0 aliphatic carbocycles. The zero-order chi connectivity index (χ0) is 11.1. The van der Waals surface area contributed by atoms with Crippen molar-refractivity contribution in [3.63, 3.8) is 0 Å². The molecule has 3 heteroatoms. The van der Waals surface area contributed by atoms with E-state index >= 15 is 0 Å². The number of benzene rings is 1. The first-order valence-corrected chi connectivity index (χ1v) is 5.98. The monoisotopic (exact) mass is 241 g/mol. The molecule has 0 saturated heterocycles. The number of aryl methyl sites for hydroxylation is 1. The third-order valence-corrected chi connectivity index (χ3v) is 2.83. The number of hydrogen-bond acceptors (Lipinski definition) is 1. The molecule has 1 aromatic rings. The van der Waals surface area contributed by atoms with Gasteiger partial charge in [-0.1, -0.05) is 18.2 Å². The molecular weight excluding hydrogens is 229 g/mol. The SMILES string of the molecule is N#CCc1ccc(CCCCl)c(CCl)c1. The second-order valence-corrected chi connectivity index (χ2v) is 4.01. The summed E-state index contributed by atoms with van der Waals surface area (Å²) in [5.41, 5.74) is 3.39. The van der Waals surface area contributed by atoms with Gasteiger partial charge in [0.1, 0.15) is 0 Å². The molecule has 1 aromatic carbocycles. The fourth-order valence-corrected chi connectivity index (χ4v) is 1.89. The Morgan fingerprint density at radius 2 is 2.00 bits per heavy atom. The molecule has 0 aliphatic heterocycles. The standard InChI is InChI=1S/C12H13Cl2N/c13-6-1-2-11-4-3-10(5-7-15)8-12(11)9-14/h3-4,8H,1-2,5-6,9H2. The van der Waals surface area contributed by atoms with Crippen LogP contribution in [-0.4, -0.2) is 5.88 Å². The fourth-order valence-electron chi connectivity index (χ4n) is 1.51. The molecule has 0 fully saturated rings. The lowest BCUT2D eigenvalue weighted by molar-refractivity contribution is 0.915. The van der Waals surface area contributed by atoms with E-state index in [-0.39, 0.29) is 0 Å². The van der Waals surface area contributed by atoms with Gasteiger partial charge < -0.3 is 0 Å². The minimum absolute atomic E-state index is 0.444. The van der Waals surface area contributed by atoms with E-state index < -0.39 is 0 Å². The normalized spacial score (nSPS) is 9.93. The predicted octanol–water partition coefficient (Wildman–Crippen LogP) is 3.66. The summed E-state index contributed by atoms with van der Waals surface area (Å²) >= 11 is 11.5. The van der Waals surface area contributed by atoms with E-state index in [9.17, 15) is 0 Å². The van der Waals surface area contributed by atoms with Gasteiger partial charge in [-0.3, -0.25) is 0 Å². The molecule has 80 valence electrons. The number of rotatable bonds is 5. The summed E-state index contributed by atoms with van der Waals surface area (Å²) in [6.07, 6.45) is 2.36. The van der Waals surface area contributed by atoms with Gasteiger partial charge in [0, 0.05) is 11.8 Å². The van der Waals surface area contributed by atoms with Crippen molar-refractivity contribution in [2.45, 2.75) is 25.1 Å². The summed E-state index contributed by atoms with van der Waals surface area (Å²) in [7, 11) is 0. The minimum atomic E-state index is 0.444. The largest absolute Gasteiger partial charge is 0.198 e. The first-order valence-electron chi connectivity index (χ1n) is 4.91. The summed E-state index contributed by atoms with van der Waals surface area (Å²) in [4.78, 5) is 0. The van der Waals surface area contributed by atoms with Crippen molar-refractivity contribution in [3.05, 3.63) is 34.9 Å². The van der Waals surface area contributed by atoms with Crippen LogP contribution in [0.4, 0.5) is 0 Å². The smallest absolute Gasteiger partial charge is 0.0669 e. The quantitative estimate of drug-likeness (QED) is 0.723. The van der Waals surface area contributed by atoms with E-state index in [2.05, 4.69) is 12.1 Å². The fraction of sp³-hybridized carbons (Fsp3) is 0.417. The minimum Gasteiger partial charge on any atom is -0.198 e. The molecule has 0 radical (unpaired) electrons. The predicted molar refractivity (Wildman–Crippen MR) is 64.4 cm³/mol. The van der Waals surface area contributed by atoms with Crippen LogP contribution in [0.15, 0.2) is 18.2 Å². The lowest BCUT2D eigenvalue weighted by Gasteiger charge is -2.07. The highest BCUT2D eigenvalue weighted by Crippen LogP contribution is 2.17. The molecule has 0 aromatic heterocycles. The molecule has 1 rings (SSSR count). The van der Waals surface area contributed by atoms with Gasteiger partial charge in [-0.25, -0.2) is 0 Å². The van der Waals surface area contributed by atoms with Crippen LogP contribution in [0.1, 0.15) is 23.1 Å². The number of nitrogens with zero attached hydrogens (tertiary/aromatic N) is 1. The summed E-state index contributed by atoms with van der Waals surface area (Å²) in [5, 5.41) is 8.59. The van der Waals surface area contributed by atoms with Crippen molar-refractivity contribution in [1.82, 2.24) is 0 Å². The van der Waals surface area contributed by atoms with Gasteiger partial charge in [0.2, 0.25) is 0 Å². The maximum Gasteiger partial charge on any atom is 0.0669 e. The molecule has 0 saturated carbocycles. The average molecular weight is 242 g/mol. The number of hydrogen-bond donors (Lipinski definition) is 0. The van der Waals surface area contributed by atoms with Crippen LogP contribution in [0.25, 0.3) is 0 Å². The molecule has 1 nitrogen and oxygen atoms in total. The number of halogens is 2. The lowest BCUT2D eigenvalue weighted by atomic mass is 10.0. The molecule has 0 unspecified atom stereocenters. The Bertz CT molecular complexity index is 355. The van der Waals surface area contributed by atoms with Crippen molar-refractivity contribution in [2.24, 2.45) is 0 Å². The zero-order valence-corrected chi connectivity index (χ0v) is 9.98. The van der Waals surface area contributed by atoms with Crippen LogP contribution < -0.4 is 0 Å². The third-order valence-electron chi connectivity index (χ3n) is 2.28. The average Bonchev–Trinajstić information content (AvgIpc) is 2.27. The summed E-state index contributed by atoms with van der Waals surface area (Å²) < 4.78 is 0. The van der Waals surface area contributed by atoms with E-state index in [4.69, 9.17) is 28.5 Å². The molecule has 0 spiro atoms. The van der Waals surface area contributed by atoms with Crippen LogP contribution in [0, 0.1) is 11.3 Å². The van der Waals surface area contributed by atoms with Crippen molar-refractivity contribution in [3.8, 4) is 6.07 Å². The Hall–Kier alpha value is -0.710. The van der Waals surface area contributed by atoms with Crippen LogP contribution in [0.3, 0.4) is 0 Å². The van der Waals surface area contributed by atoms with E-state index in [1.165, 1.54) is 5.56 Å². The molecule has 0 bridgehead atoms. The zero-order valence-electron chi connectivity index (χ0n) is 8.47. The molecule has 0 atom stereocenters. The Kier molecular flexibility index (Phi) is 5.53. The van der Waals surface area contributed by atoms with E-state index in [0.29, 0.717) is 18.2 Å². The topological polar surface area (TPSA) is 23.8 Å². The van der Waals surface area contributed by atoms with Crippen LogP contribution in [-0.2, 0) is 18.7 Å². The van der Waals surface area contributed by atoms with Crippen LogP contribution >= 0.6 is 23.2 Å². The highest BCUT2D eigenvalue weighted by Gasteiger charge is 2.03. The third kappa shape index (κ3) is 3.74. The van der Waals surface area contributed by atoms with Crippen LogP contribution in [0.2, 0.25) is 0 Å².